The molecule has 2 aromatic carbocycles. The molecule has 0 heterocycles. The molecule has 0 saturated carbocycles. The average molecular weight is 467 g/mol. The van der Waals surface area contributed by atoms with Gasteiger partial charge in [0.05, 0.1) is 25.1 Å². The van der Waals surface area contributed by atoms with Gasteiger partial charge in [-0.2, -0.15) is 0 Å². The molecule has 1 N–H and O–H groups in total. The van der Waals surface area contributed by atoms with E-state index < -0.39 is 16.1 Å². The second kappa shape index (κ2) is 10.9. The minimum Gasteiger partial charge on any atom is -0.497 e. The minimum absolute atomic E-state index is 0.251. The third-order valence-corrected chi connectivity index (χ3v) is 6.38. The first-order valence-electron chi connectivity index (χ1n) is 10.3. The number of methoxy groups -OCH3 is 1. The Balaban J connectivity index is 2.36. The van der Waals surface area contributed by atoms with Crippen LogP contribution in [0.4, 0.5) is 5.69 Å². The summed E-state index contributed by atoms with van der Waals surface area (Å²) >= 11 is 5.96. The highest BCUT2D eigenvalue weighted by Gasteiger charge is 2.32. The molecule has 0 aromatic heterocycles. The van der Waals surface area contributed by atoms with Gasteiger partial charge in [-0.3, -0.25) is 9.10 Å². The Morgan fingerprint density at radius 1 is 1.10 bits per heavy atom. The molecule has 0 saturated heterocycles. The van der Waals surface area contributed by atoms with Crippen LogP contribution < -0.4 is 14.4 Å². The van der Waals surface area contributed by atoms with Gasteiger partial charge in [-0.25, -0.2) is 8.42 Å². The Morgan fingerprint density at radius 3 is 2.13 bits per heavy atom. The monoisotopic (exact) mass is 466 g/mol. The molecule has 0 aliphatic rings. The topological polar surface area (TPSA) is 75.7 Å². The summed E-state index contributed by atoms with van der Waals surface area (Å²) in [5.74, 6) is 0.717. The third-order valence-electron chi connectivity index (χ3n) is 4.95. The summed E-state index contributed by atoms with van der Waals surface area (Å²) in [5.41, 5.74) is 1.34. The second-order valence-corrected chi connectivity index (χ2v) is 10.2. The van der Waals surface area contributed by atoms with E-state index in [2.05, 4.69) is 19.2 Å². The predicted molar refractivity (Wildman–Crippen MR) is 126 cm³/mol. The van der Waals surface area contributed by atoms with Crippen molar-refractivity contribution in [2.45, 2.75) is 45.7 Å². The van der Waals surface area contributed by atoms with Crippen LogP contribution in [0.1, 0.15) is 45.2 Å². The minimum atomic E-state index is -3.71. The Labute approximate surface area is 190 Å². The average Bonchev–Trinajstić information content (AvgIpc) is 2.71. The Bertz CT molecular complexity index is 960. The van der Waals surface area contributed by atoms with E-state index in [1.807, 2.05) is 24.3 Å². The van der Waals surface area contributed by atoms with Crippen LogP contribution in [0.5, 0.6) is 5.75 Å². The summed E-state index contributed by atoms with van der Waals surface area (Å²) in [4.78, 5) is 13.3. The zero-order valence-corrected chi connectivity index (χ0v) is 20.2. The first-order chi connectivity index (χ1) is 14.6. The van der Waals surface area contributed by atoms with Crippen molar-refractivity contribution in [3.05, 3.63) is 59.1 Å². The van der Waals surface area contributed by atoms with Gasteiger partial charge in [0, 0.05) is 5.02 Å². The highest BCUT2D eigenvalue weighted by atomic mass is 35.5. The Kier molecular flexibility index (Phi) is 8.77. The number of sulfonamides is 1. The fourth-order valence-electron chi connectivity index (χ4n) is 3.50. The number of hydrogen-bond acceptors (Lipinski definition) is 4. The lowest BCUT2D eigenvalue weighted by Gasteiger charge is -2.32. The standard InChI is InChI=1S/C23H31ClN2O4S/c1-6-22(26(31(5,28)29)19-11-9-18(24)10-12-19)23(27)25-21(15-16(2)3)17-7-13-20(30-4)14-8-17/h7-14,16,21-22H,6,15H2,1-5H3,(H,25,27)/t21-,22-/m1/s1. The summed E-state index contributed by atoms with van der Waals surface area (Å²) in [6, 6.07) is 12.8. The molecular weight excluding hydrogens is 436 g/mol. The van der Waals surface area contributed by atoms with E-state index in [1.165, 1.54) is 4.31 Å². The van der Waals surface area contributed by atoms with Crippen molar-refractivity contribution < 1.29 is 17.9 Å². The van der Waals surface area contributed by atoms with Crippen LogP contribution in [-0.2, 0) is 14.8 Å². The molecule has 6 nitrogen and oxygen atoms in total. The molecule has 0 fully saturated rings. The summed E-state index contributed by atoms with van der Waals surface area (Å²) in [6.45, 7) is 5.95. The van der Waals surface area contributed by atoms with Crippen LogP contribution >= 0.6 is 11.6 Å². The fourth-order valence-corrected chi connectivity index (χ4v) is 4.84. The predicted octanol–water partition coefficient (Wildman–Crippen LogP) is 4.80. The van der Waals surface area contributed by atoms with E-state index in [4.69, 9.17) is 16.3 Å². The van der Waals surface area contributed by atoms with Crippen molar-refractivity contribution in [1.29, 1.82) is 0 Å². The molecule has 1 amide bonds. The Morgan fingerprint density at radius 2 is 1.68 bits per heavy atom. The summed E-state index contributed by atoms with van der Waals surface area (Å²) in [7, 11) is -2.10. The van der Waals surface area contributed by atoms with Crippen LogP contribution in [0.15, 0.2) is 48.5 Å². The van der Waals surface area contributed by atoms with Gasteiger partial charge < -0.3 is 10.1 Å². The first kappa shape index (κ1) is 25.0. The van der Waals surface area contributed by atoms with E-state index in [0.29, 0.717) is 29.5 Å². The number of nitrogens with one attached hydrogen (secondary N) is 1. The number of carbonyl (C=O) groups is 1. The molecule has 0 aliphatic carbocycles. The summed E-state index contributed by atoms with van der Waals surface area (Å²) in [6.07, 6.45) is 2.14. The number of anilines is 1. The van der Waals surface area contributed by atoms with Gasteiger partial charge in [-0.05, 0) is 60.7 Å². The normalized spacial score (nSPS) is 13.5. The lowest BCUT2D eigenvalue weighted by atomic mass is 9.96. The molecule has 31 heavy (non-hydrogen) atoms. The quantitative estimate of drug-likeness (QED) is 0.545. The van der Waals surface area contributed by atoms with Crippen molar-refractivity contribution in [2.75, 3.05) is 17.7 Å². The van der Waals surface area contributed by atoms with E-state index in [1.54, 1.807) is 38.3 Å². The maximum absolute atomic E-state index is 13.3. The van der Waals surface area contributed by atoms with Crippen LogP contribution in [0, 0.1) is 5.92 Å². The molecule has 2 aromatic rings. The molecule has 170 valence electrons. The number of nitrogens with zero attached hydrogens (tertiary/aromatic N) is 1. The van der Waals surface area contributed by atoms with Gasteiger partial charge in [0.1, 0.15) is 11.8 Å². The van der Waals surface area contributed by atoms with Crippen molar-refractivity contribution in [1.82, 2.24) is 5.32 Å². The van der Waals surface area contributed by atoms with Crippen LogP contribution in [-0.4, -0.2) is 33.7 Å². The smallest absolute Gasteiger partial charge is 0.244 e. The summed E-state index contributed by atoms with van der Waals surface area (Å²) in [5, 5.41) is 3.57. The Hall–Kier alpha value is -2.25. The highest BCUT2D eigenvalue weighted by molar-refractivity contribution is 7.92. The molecule has 0 radical (unpaired) electrons. The molecular formula is C23H31ClN2O4S. The third kappa shape index (κ3) is 6.87. The van der Waals surface area contributed by atoms with Crippen LogP contribution in [0.3, 0.4) is 0 Å². The van der Waals surface area contributed by atoms with E-state index in [-0.39, 0.29) is 11.9 Å². The van der Waals surface area contributed by atoms with E-state index >= 15 is 0 Å². The van der Waals surface area contributed by atoms with Gasteiger partial charge >= 0.3 is 0 Å². The number of benzene rings is 2. The number of hydrogen-bond donors (Lipinski definition) is 1. The van der Waals surface area contributed by atoms with Crippen molar-refractivity contribution in [2.24, 2.45) is 5.92 Å². The van der Waals surface area contributed by atoms with Gasteiger partial charge in [-0.1, -0.05) is 44.5 Å². The number of halogens is 1. The molecule has 0 unspecified atom stereocenters. The molecule has 2 rings (SSSR count). The van der Waals surface area contributed by atoms with Crippen molar-refractivity contribution >= 4 is 33.2 Å². The second-order valence-electron chi connectivity index (χ2n) is 7.92. The van der Waals surface area contributed by atoms with Crippen molar-refractivity contribution in [3.63, 3.8) is 0 Å². The molecule has 0 aliphatic heterocycles. The molecule has 0 spiro atoms. The number of carbonyl (C=O) groups excluding carboxylic acids is 1. The SMILES string of the molecule is CC[C@H](C(=O)N[C@H](CC(C)C)c1ccc(OC)cc1)N(c1ccc(Cl)cc1)S(C)(=O)=O. The molecule has 8 heteroatoms. The maximum atomic E-state index is 13.3. The zero-order chi connectivity index (χ0) is 23.2. The summed E-state index contributed by atoms with van der Waals surface area (Å²) < 4.78 is 31.6. The number of amides is 1. The fraction of sp³-hybridized carbons (Fsp3) is 0.435. The lowest BCUT2D eigenvalue weighted by Crippen LogP contribution is -2.50. The van der Waals surface area contributed by atoms with E-state index in [9.17, 15) is 13.2 Å². The van der Waals surface area contributed by atoms with Crippen LogP contribution in [0.25, 0.3) is 0 Å². The zero-order valence-electron chi connectivity index (χ0n) is 18.6. The van der Waals surface area contributed by atoms with Gasteiger partial charge in [0.25, 0.3) is 0 Å². The number of ether oxygens (including phenoxy) is 1. The highest BCUT2D eigenvalue weighted by Crippen LogP contribution is 2.27. The largest absolute Gasteiger partial charge is 0.497 e. The number of rotatable bonds is 10. The van der Waals surface area contributed by atoms with Crippen LogP contribution in [0.2, 0.25) is 5.02 Å². The molecule has 2 atom stereocenters. The van der Waals surface area contributed by atoms with Gasteiger partial charge in [0.15, 0.2) is 0 Å². The van der Waals surface area contributed by atoms with Crippen molar-refractivity contribution in [3.8, 4) is 5.75 Å². The maximum Gasteiger partial charge on any atom is 0.244 e. The van der Waals surface area contributed by atoms with E-state index in [0.717, 1.165) is 17.6 Å². The lowest BCUT2D eigenvalue weighted by molar-refractivity contribution is -0.123. The van der Waals surface area contributed by atoms with Gasteiger partial charge in [0.2, 0.25) is 15.9 Å². The first-order valence-corrected chi connectivity index (χ1v) is 12.5. The molecule has 0 bridgehead atoms. The van der Waals surface area contributed by atoms with Gasteiger partial charge in [-0.15, -0.1) is 0 Å².